The van der Waals surface area contributed by atoms with Crippen LogP contribution in [0, 0.1) is 5.41 Å². The van der Waals surface area contributed by atoms with Gasteiger partial charge in [-0.25, -0.2) is 4.98 Å². The van der Waals surface area contributed by atoms with Crippen LogP contribution in [0.4, 0.5) is 17.5 Å². The van der Waals surface area contributed by atoms with Crippen LogP contribution in [0.2, 0.25) is 0 Å². The standard InChI is InChI=1S/C28H33N5O2/c1-27(2,3)18-28(4,5)32-24-15-23(25(34)33-16-19-10-7-8-11-20(19)17-33)30-26(31-24)29-21-12-9-13-22(14-21)35-6/h7-17H,18H2,1-6H3,(H2,29,30,31,32). The van der Waals surface area contributed by atoms with Crippen molar-refractivity contribution in [3.05, 3.63) is 72.7 Å². The SMILES string of the molecule is COc1cccc(Nc2nc(NC(C)(C)CC(C)(C)C)cc(C(=O)n3cc4ccccc4c3)n2)c1. The Morgan fingerprint density at radius 2 is 1.63 bits per heavy atom. The van der Waals surface area contributed by atoms with E-state index in [1.807, 2.05) is 60.9 Å². The molecule has 7 nitrogen and oxygen atoms in total. The molecule has 0 aliphatic rings. The molecule has 0 spiro atoms. The highest BCUT2D eigenvalue weighted by molar-refractivity contribution is 5.98. The summed E-state index contributed by atoms with van der Waals surface area (Å²) in [4.78, 5) is 22.7. The fourth-order valence-electron chi connectivity index (χ4n) is 4.56. The van der Waals surface area contributed by atoms with E-state index in [-0.39, 0.29) is 16.9 Å². The molecule has 7 heteroatoms. The highest BCUT2D eigenvalue weighted by Crippen LogP contribution is 2.30. The van der Waals surface area contributed by atoms with Crippen LogP contribution in [0.3, 0.4) is 0 Å². The van der Waals surface area contributed by atoms with Gasteiger partial charge < -0.3 is 15.4 Å². The number of methoxy groups -OCH3 is 1. The second-order valence-corrected chi connectivity index (χ2v) is 10.7. The maximum Gasteiger partial charge on any atom is 0.280 e. The fraction of sp³-hybridized carbons (Fsp3) is 0.321. The van der Waals surface area contributed by atoms with Crippen LogP contribution in [0.15, 0.2) is 67.0 Å². The van der Waals surface area contributed by atoms with Gasteiger partial charge in [0.2, 0.25) is 5.95 Å². The molecule has 0 unspecified atom stereocenters. The molecular weight excluding hydrogens is 438 g/mol. The summed E-state index contributed by atoms with van der Waals surface area (Å²) < 4.78 is 6.90. The molecule has 0 atom stereocenters. The van der Waals surface area contributed by atoms with Crippen LogP contribution in [-0.4, -0.2) is 33.1 Å². The lowest BCUT2D eigenvalue weighted by molar-refractivity contribution is 0.0955. The van der Waals surface area contributed by atoms with Gasteiger partial charge in [0.25, 0.3) is 5.91 Å². The van der Waals surface area contributed by atoms with Gasteiger partial charge in [0, 0.05) is 35.8 Å². The van der Waals surface area contributed by atoms with Crippen molar-refractivity contribution in [2.24, 2.45) is 5.41 Å². The van der Waals surface area contributed by atoms with Gasteiger partial charge in [0.05, 0.1) is 7.11 Å². The molecule has 2 heterocycles. The van der Waals surface area contributed by atoms with Crippen molar-refractivity contribution in [1.82, 2.24) is 14.5 Å². The van der Waals surface area contributed by atoms with E-state index in [4.69, 9.17) is 4.74 Å². The lowest BCUT2D eigenvalue weighted by Gasteiger charge is -2.33. The van der Waals surface area contributed by atoms with Gasteiger partial charge in [-0.2, -0.15) is 4.98 Å². The number of nitrogens with one attached hydrogen (secondary N) is 2. The molecule has 0 aliphatic carbocycles. The van der Waals surface area contributed by atoms with Crippen LogP contribution < -0.4 is 15.4 Å². The van der Waals surface area contributed by atoms with E-state index in [1.165, 1.54) is 0 Å². The number of benzene rings is 2. The average molecular weight is 472 g/mol. The Morgan fingerprint density at radius 1 is 0.943 bits per heavy atom. The van der Waals surface area contributed by atoms with Crippen molar-refractivity contribution in [3.63, 3.8) is 0 Å². The van der Waals surface area contributed by atoms with Gasteiger partial charge >= 0.3 is 0 Å². The number of carbonyl (C=O) groups excluding carboxylic acids is 1. The molecular formula is C28H33N5O2. The Balaban J connectivity index is 1.71. The molecule has 0 saturated heterocycles. The molecule has 0 saturated carbocycles. The van der Waals surface area contributed by atoms with E-state index in [1.54, 1.807) is 17.7 Å². The maximum atomic E-state index is 13.5. The van der Waals surface area contributed by atoms with E-state index in [0.717, 1.165) is 22.9 Å². The second-order valence-electron chi connectivity index (χ2n) is 10.7. The largest absolute Gasteiger partial charge is 0.497 e. The van der Waals surface area contributed by atoms with Crippen molar-refractivity contribution in [3.8, 4) is 5.75 Å². The minimum absolute atomic E-state index is 0.120. The quantitative estimate of drug-likeness (QED) is 0.320. The van der Waals surface area contributed by atoms with E-state index < -0.39 is 0 Å². The third kappa shape index (κ3) is 6.18. The van der Waals surface area contributed by atoms with E-state index >= 15 is 0 Å². The van der Waals surface area contributed by atoms with Crippen molar-refractivity contribution < 1.29 is 9.53 Å². The molecule has 4 rings (SSSR count). The van der Waals surface area contributed by atoms with E-state index in [0.29, 0.717) is 23.2 Å². The topological polar surface area (TPSA) is 81.1 Å². The fourth-order valence-corrected chi connectivity index (χ4v) is 4.56. The van der Waals surface area contributed by atoms with E-state index in [2.05, 4.69) is 55.2 Å². The number of nitrogens with zero attached hydrogens (tertiary/aromatic N) is 3. The Bertz CT molecular complexity index is 1320. The summed E-state index contributed by atoms with van der Waals surface area (Å²) in [5, 5.41) is 8.73. The smallest absolute Gasteiger partial charge is 0.280 e. The molecule has 2 N–H and O–H groups in total. The van der Waals surface area contributed by atoms with Crippen molar-refractivity contribution in [1.29, 1.82) is 0 Å². The number of aromatic nitrogens is 3. The van der Waals surface area contributed by atoms with Crippen molar-refractivity contribution in [2.45, 2.75) is 46.6 Å². The molecule has 4 aromatic rings. The minimum atomic E-state index is -0.248. The van der Waals surface area contributed by atoms with Gasteiger partial charge in [0.15, 0.2) is 0 Å². The molecule has 0 bridgehead atoms. The van der Waals surface area contributed by atoms with Crippen LogP contribution in [-0.2, 0) is 0 Å². The van der Waals surface area contributed by atoms with Gasteiger partial charge in [-0.05, 0) is 48.6 Å². The summed E-state index contributed by atoms with van der Waals surface area (Å²) in [6.45, 7) is 10.9. The predicted molar refractivity (Wildman–Crippen MR) is 142 cm³/mol. The first-order valence-corrected chi connectivity index (χ1v) is 11.7. The first kappa shape index (κ1) is 24.3. The molecule has 0 amide bonds. The van der Waals surface area contributed by atoms with Crippen LogP contribution in [0.25, 0.3) is 10.8 Å². The lowest BCUT2D eigenvalue weighted by Crippen LogP contribution is -2.36. The zero-order chi connectivity index (χ0) is 25.2. The molecule has 2 aromatic carbocycles. The first-order chi connectivity index (χ1) is 16.5. The summed E-state index contributed by atoms with van der Waals surface area (Å²) in [5.41, 5.74) is 0.928. The number of hydrogen-bond donors (Lipinski definition) is 2. The summed E-state index contributed by atoms with van der Waals surface area (Å²) in [5.74, 6) is 1.40. The summed E-state index contributed by atoms with van der Waals surface area (Å²) in [6, 6.07) is 17.1. The average Bonchev–Trinajstić information content (AvgIpc) is 3.21. The van der Waals surface area contributed by atoms with Crippen molar-refractivity contribution >= 4 is 34.1 Å². The van der Waals surface area contributed by atoms with Gasteiger partial charge in [-0.1, -0.05) is 51.1 Å². The number of anilines is 3. The number of hydrogen-bond acceptors (Lipinski definition) is 6. The molecule has 0 fully saturated rings. The lowest BCUT2D eigenvalue weighted by atomic mass is 9.82. The van der Waals surface area contributed by atoms with Gasteiger partial charge in [-0.3, -0.25) is 9.36 Å². The Morgan fingerprint density at radius 3 is 2.26 bits per heavy atom. The Kier molecular flexibility index (Phi) is 6.52. The highest BCUT2D eigenvalue weighted by atomic mass is 16.5. The number of rotatable bonds is 7. The van der Waals surface area contributed by atoms with Crippen molar-refractivity contribution in [2.75, 3.05) is 17.7 Å². The van der Waals surface area contributed by atoms with Gasteiger partial charge in [0.1, 0.15) is 17.3 Å². The minimum Gasteiger partial charge on any atom is -0.497 e. The molecule has 35 heavy (non-hydrogen) atoms. The van der Waals surface area contributed by atoms with E-state index in [9.17, 15) is 4.79 Å². The Hall–Kier alpha value is -3.87. The van der Waals surface area contributed by atoms with Crippen LogP contribution in [0.1, 0.15) is 51.5 Å². The normalized spacial score (nSPS) is 11.9. The van der Waals surface area contributed by atoms with Crippen LogP contribution >= 0.6 is 0 Å². The first-order valence-electron chi connectivity index (χ1n) is 11.7. The number of ether oxygens (including phenoxy) is 1. The summed E-state index contributed by atoms with van der Waals surface area (Å²) in [6.07, 6.45) is 4.56. The third-order valence-corrected chi connectivity index (χ3v) is 5.50. The number of fused-ring (bicyclic) bond motifs is 1. The van der Waals surface area contributed by atoms with Crippen LogP contribution in [0.5, 0.6) is 5.75 Å². The monoisotopic (exact) mass is 471 g/mol. The molecule has 2 aromatic heterocycles. The molecule has 0 aliphatic heterocycles. The Labute approximate surface area is 206 Å². The zero-order valence-electron chi connectivity index (χ0n) is 21.2. The molecule has 0 radical (unpaired) electrons. The second kappa shape index (κ2) is 9.41. The molecule has 182 valence electrons. The highest BCUT2D eigenvalue weighted by Gasteiger charge is 2.26. The summed E-state index contributed by atoms with van der Waals surface area (Å²) >= 11 is 0. The zero-order valence-corrected chi connectivity index (χ0v) is 21.2. The predicted octanol–water partition coefficient (Wildman–Crippen LogP) is 6.50. The maximum absolute atomic E-state index is 13.5. The summed E-state index contributed by atoms with van der Waals surface area (Å²) in [7, 11) is 1.62. The van der Waals surface area contributed by atoms with Gasteiger partial charge in [-0.15, -0.1) is 0 Å². The third-order valence-electron chi connectivity index (χ3n) is 5.50. The number of carbonyl (C=O) groups is 1.